The standard InChI is InChI=1S/C14H15NO3.C4H6O4/c1-9(2)17-11-5-3-10(4-6-11)12-7-8-13(18-12)14(15)16;5-3(6)1-2-4(7)8/h3-9H,1-2H3,(H2,15,16);1-2H2,(H,5,6)(H,7,8). The monoisotopic (exact) mass is 363 g/mol. The zero-order chi connectivity index (χ0) is 19.7. The molecule has 1 heterocycles. The quantitative estimate of drug-likeness (QED) is 0.687. The van der Waals surface area contributed by atoms with Crippen LogP contribution in [0, 0.1) is 0 Å². The third-order valence-electron chi connectivity index (χ3n) is 2.91. The number of carboxylic acids is 2. The molecule has 0 aliphatic carbocycles. The average Bonchev–Trinajstić information content (AvgIpc) is 3.04. The molecule has 0 saturated carbocycles. The predicted molar refractivity (Wildman–Crippen MR) is 92.9 cm³/mol. The van der Waals surface area contributed by atoms with Gasteiger partial charge in [-0.05, 0) is 50.2 Å². The van der Waals surface area contributed by atoms with Gasteiger partial charge in [0.25, 0.3) is 5.91 Å². The molecule has 0 aliphatic rings. The summed E-state index contributed by atoms with van der Waals surface area (Å²) in [5.41, 5.74) is 6.01. The first kappa shape index (κ1) is 20.8. The molecule has 0 radical (unpaired) electrons. The second kappa shape index (κ2) is 9.87. The number of nitrogens with two attached hydrogens (primary N) is 1. The third-order valence-corrected chi connectivity index (χ3v) is 2.91. The van der Waals surface area contributed by atoms with Crippen molar-refractivity contribution in [2.24, 2.45) is 5.73 Å². The van der Waals surface area contributed by atoms with Gasteiger partial charge >= 0.3 is 11.9 Å². The van der Waals surface area contributed by atoms with E-state index >= 15 is 0 Å². The Morgan fingerprint density at radius 1 is 1.00 bits per heavy atom. The Balaban J connectivity index is 0.000000359. The SMILES string of the molecule is CC(C)Oc1ccc(-c2ccc(C(N)=O)o2)cc1.O=C(O)CCC(=O)O. The molecule has 1 aromatic heterocycles. The van der Waals surface area contributed by atoms with Crippen LogP contribution in [0.4, 0.5) is 0 Å². The van der Waals surface area contributed by atoms with E-state index in [2.05, 4.69) is 0 Å². The van der Waals surface area contributed by atoms with Gasteiger partial charge in [0, 0.05) is 5.56 Å². The highest BCUT2D eigenvalue weighted by atomic mass is 16.5. The number of hydrogen-bond acceptors (Lipinski definition) is 5. The minimum absolute atomic E-state index is 0.140. The largest absolute Gasteiger partial charge is 0.491 e. The molecule has 0 unspecified atom stereocenters. The summed E-state index contributed by atoms with van der Waals surface area (Å²) >= 11 is 0. The molecular formula is C18H21NO7. The van der Waals surface area contributed by atoms with Gasteiger partial charge < -0.3 is 25.1 Å². The molecule has 1 aromatic carbocycles. The second-order valence-electron chi connectivity index (χ2n) is 5.51. The van der Waals surface area contributed by atoms with Crippen molar-refractivity contribution in [1.82, 2.24) is 0 Å². The van der Waals surface area contributed by atoms with Crippen molar-refractivity contribution in [3.05, 3.63) is 42.2 Å². The Labute approximate surface area is 150 Å². The number of amides is 1. The Morgan fingerprint density at radius 3 is 1.92 bits per heavy atom. The molecule has 0 aliphatic heterocycles. The number of carboxylic acid groups (broad SMARTS) is 2. The van der Waals surface area contributed by atoms with E-state index in [9.17, 15) is 14.4 Å². The molecule has 8 heteroatoms. The number of rotatable bonds is 7. The number of ether oxygens (including phenoxy) is 1. The summed E-state index contributed by atoms with van der Waals surface area (Å²) in [6.07, 6.45) is -0.453. The number of hydrogen-bond donors (Lipinski definition) is 3. The lowest BCUT2D eigenvalue weighted by Crippen LogP contribution is -2.09. The summed E-state index contributed by atoms with van der Waals surface area (Å²) in [4.78, 5) is 30.2. The third kappa shape index (κ3) is 7.52. The summed E-state index contributed by atoms with van der Waals surface area (Å²) < 4.78 is 10.9. The highest BCUT2D eigenvalue weighted by Gasteiger charge is 2.09. The van der Waals surface area contributed by atoms with E-state index < -0.39 is 17.8 Å². The van der Waals surface area contributed by atoms with Crippen LogP contribution in [0.3, 0.4) is 0 Å². The van der Waals surface area contributed by atoms with Crippen LogP contribution in [0.15, 0.2) is 40.8 Å². The van der Waals surface area contributed by atoms with E-state index in [1.165, 1.54) is 0 Å². The zero-order valence-electron chi connectivity index (χ0n) is 14.5. The second-order valence-corrected chi connectivity index (χ2v) is 5.51. The van der Waals surface area contributed by atoms with E-state index in [-0.39, 0.29) is 24.7 Å². The van der Waals surface area contributed by atoms with Gasteiger partial charge in [0.2, 0.25) is 0 Å². The summed E-state index contributed by atoms with van der Waals surface area (Å²) in [5, 5.41) is 15.8. The molecule has 0 saturated heterocycles. The molecule has 0 spiro atoms. The van der Waals surface area contributed by atoms with Crippen LogP contribution in [0.2, 0.25) is 0 Å². The first-order valence-corrected chi connectivity index (χ1v) is 7.79. The van der Waals surface area contributed by atoms with Crippen LogP contribution in [0.25, 0.3) is 11.3 Å². The molecule has 26 heavy (non-hydrogen) atoms. The molecule has 0 fully saturated rings. The van der Waals surface area contributed by atoms with Gasteiger partial charge in [-0.25, -0.2) is 0 Å². The summed E-state index contributed by atoms with van der Waals surface area (Å²) in [5.74, 6) is -1.15. The lowest BCUT2D eigenvalue weighted by molar-refractivity contribution is -0.143. The van der Waals surface area contributed by atoms with Crippen molar-refractivity contribution < 1.29 is 33.8 Å². The van der Waals surface area contributed by atoms with E-state index in [4.69, 9.17) is 25.1 Å². The number of carbonyl (C=O) groups is 3. The maximum absolute atomic E-state index is 10.9. The summed E-state index contributed by atoms with van der Waals surface area (Å²) in [6.45, 7) is 3.94. The molecule has 0 atom stereocenters. The van der Waals surface area contributed by atoms with Crippen molar-refractivity contribution in [1.29, 1.82) is 0 Å². The minimum Gasteiger partial charge on any atom is -0.491 e. The Hall–Kier alpha value is -3.29. The average molecular weight is 363 g/mol. The van der Waals surface area contributed by atoms with Crippen LogP contribution in [0.5, 0.6) is 5.75 Å². The molecule has 4 N–H and O–H groups in total. The number of carbonyl (C=O) groups excluding carboxylic acids is 1. The van der Waals surface area contributed by atoms with E-state index in [0.29, 0.717) is 5.76 Å². The van der Waals surface area contributed by atoms with E-state index in [1.54, 1.807) is 12.1 Å². The summed E-state index contributed by atoms with van der Waals surface area (Å²) in [6, 6.07) is 10.8. The van der Waals surface area contributed by atoms with Crippen LogP contribution in [0.1, 0.15) is 37.2 Å². The Kier molecular flexibility index (Phi) is 7.88. The molecule has 0 bridgehead atoms. The fraction of sp³-hybridized carbons (Fsp3) is 0.278. The first-order chi connectivity index (χ1) is 12.2. The highest BCUT2D eigenvalue weighted by Crippen LogP contribution is 2.24. The fourth-order valence-electron chi connectivity index (χ4n) is 1.81. The molecule has 8 nitrogen and oxygen atoms in total. The van der Waals surface area contributed by atoms with Crippen molar-refractivity contribution in [3.8, 4) is 17.1 Å². The van der Waals surface area contributed by atoms with Gasteiger partial charge in [-0.15, -0.1) is 0 Å². The smallest absolute Gasteiger partial charge is 0.303 e. The molecular weight excluding hydrogens is 342 g/mol. The maximum Gasteiger partial charge on any atom is 0.303 e. The van der Waals surface area contributed by atoms with Crippen LogP contribution in [-0.2, 0) is 9.59 Å². The van der Waals surface area contributed by atoms with Crippen LogP contribution in [-0.4, -0.2) is 34.2 Å². The molecule has 2 aromatic rings. The van der Waals surface area contributed by atoms with Gasteiger partial charge in [-0.1, -0.05) is 0 Å². The Morgan fingerprint density at radius 2 is 1.54 bits per heavy atom. The number of furan rings is 1. The van der Waals surface area contributed by atoms with E-state index in [0.717, 1.165) is 11.3 Å². The fourth-order valence-corrected chi connectivity index (χ4v) is 1.81. The summed E-state index contributed by atoms with van der Waals surface area (Å²) in [7, 11) is 0. The molecule has 140 valence electrons. The van der Waals surface area contributed by atoms with Crippen LogP contribution >= 0.6 is 0 Å². The van der Waals surface area contributed by atoms with Gasteiger partial charge in [0.05, 0.1) is 18.9 Å². The van der Waals surface area contributed by atoms with Crippen molar-refractivity contribution >= 4 is 17.8 Å². The number of primary amides is 1. The van der Waals surface area contributed by atoms with Crippen molar-refractivity contribution in [2.45, 2.75) is 32.8 Å². The normalized spacial score (nSPS) is 9.96. The zero-order valence-corrected chi connectivity index (χ0v) is 14.5. The predicted octanol–water partition coefficient (Wildman–Crippen LogP) is 2.77. The van der Waals surface area contributed by atoms with E-state index in [1.807, 2.05) is 38.1 Å². The maximum atomic E-state index is 10.9. The van der Waals surface area contributed by atoms with Crippen LogP contribution < -0.4 is 10.5 Å². The minimum atomic E-state index is -1.08. The van der Waals surface area contributed by atoms with Crippen molar-refractivity contribution in [3.63, 3.8) is 0 Å². The number of aliphatic carboxylic acids is 2. The Bertz CT molecular complexity index is 733. The molecule has 2 rings (SSSR count). The number of benzene rings is 1. The lowest BCUT2D eigenvalue weighted by atomic mass is 10.2. The van der Waals surface area contributed by atoms with Gasteiger partial charge in [0.15, 0.2) is 5.76 Å². The van der Waals surface area contributed by atoms with Gasteiger partial charge in [-0.3, -0.25) is 14.4 Å². The first-order valence-electron chi connectivity index (χ1n) is 7.79. The topological polar surface area (TPSA) is 140 Å². The van der Waals surface area contributed by atoms with Gasteiger partial charge in [-0.2, -0.15) is 0 Å². The van der Waals surface area contributed by atoms with Crippen molar-refractivity contribution in [2.75, 3.05) is 0 Å². The lowest BCUT2D eigenvalue weighted by Gasteiger charge is -2.09. The molecule has 1 amide bonds. The van der Waals surface area contributed by atoms with Gasteiger partial charge in [0.1, 0.15) is 11.5 Å². The highest BCUT2D eigenvalue weighted by molar-refractivity contribution is 5.90.